The molecule has 0 amide bonds. The molecule has 1 aliphatic rings. The molecule has 1 aliphatic carbocycles. The molecule has 0 heterocycles. The molecule has 1 N–H and O–H groups in total. The van der Waals surface area contributed by atoms with E-state index < -0.39 is 0 Å². The summed E-state index contributed by atoms with van der Waals surface area (Å²) in [6, 6.07) is 0. The molecule has 0 bridgehead atoms. The van der Waals surface area contributed by atoms with Crippen LogP contribution < -0.4 is 0 Å². The zero-order chi connectivity index (χ0) is 12.2. The fourth-order valence-corrected chi connectivity index (χ4v) is 2.73. The third kappa shape index (κ3) is 2.96. The minimum absolute atomic E-state index is 0.0678. The van der Waals surface area contributed by atoms with Crippen LogP contribution in [0.3, 0.4) is 0 Å². The fourth-order valence-electron chi connectivity index (χ4n) is 2.73. The lowest BCUT2D eigenvalue weighted by atomic mass is 9.73. The molecule has 3 heteroatoms. The quantitative estimate of drug-likeness (QED) is 0.781. The highest BCUT2D eigenvalue weighted by molar-refractivity contribution is 4.97. The molecular weight excluding hydrogens is 202 g/mol. The number of rotatable bonds is 5. The summed E-state index contributed by atoms with van der Waals surface area (Å²) in [5.41, 5.74) is -0.0678. The average Bonchev–Trinajstić information content (AvgIpc) is 2.26. The first-order valence-corrected chi connectivity index (χ1v) is 6.46. The molecule has 1 rings (SSSR count). The van der Waals surface area contributed by atoms with Crippen LogP contribution in [0.5, 0.6) is 0 Å². The molecule has 0 aromatic rings. The predicted molar refractivity (Wildman–Crippen MR) is 66.5 cm³/mol. The summed E-state index contributed by atoms with van der Waals surface area (Å²) in [5.74, 6) is 0.798. The van der Waals surface area contributed by atoms with Crippen molar-refractivity contribution in [2.75, 3.05) is 27.3 Å². The Morgan fingerprint density at radius 3 is 2.38 bits per heavy atom. The summed E-state index contributed by atoms with van der Waals surface area (Å²) in [7, 11) is 4.15. The van der Waals surface area contributed by atoms with Crippen LogP contribution in [0.4, 0.5) is 0 Å². The van der Waals surface area contributed by atoms with Gasteiger partial charge in [-0.25, -0.2) is 0 Å². The van der Waals surface area contributed by atoms with Gasteiger partial charge in [-0.1, -0.05) is 6.92 Å². The number of ether oxygens (including phenoxy) is 1. The zero-order valence-corrected chi connectivity index (χ0v) is 11.2. The van der Waals surface area contributed by atoms with E-state index in [0.717, 1.165) is 18.8 Å². The molecule has 0 aliphatic heterocycles. The van der Waals surface area contributed by atoms with Crippen molar-refractivity contribution < 1.29 is 9.84 Å². The van der Waals surface area contributed by atoms with Crippen LogP contribution in [-0.2, 0) is 4.74 Å². The number of hydrogen-bond donors (Lipinski definition) is 1. The second kappa shape index (κ2) is 5.99. The minimum Gasteiger partial charge on any atom is -0.389 e. The molecule has 16 heavy (non-hydrogen) atoms. The smallest absolute Gasteiger partial charge is 0.0956 e. The Kier molecular flexibility index (Phi) is 5.22. The maximum Gasteiger partial charge on any atom is 0.0956 e. The van der Waals surface area contributed by atoms with E-state index >= 15 is 0 Å². The van der Waals surface area contributed by atoms with E-state index in [1.54, 1.807) is 0 Å². The Labute approximate surface area is 99.8 Å². The van der Waals surface area contributed by atoms with E-state index in [9.17, 15) is 5.11 Å². The Balaban J connectivity index is 2.65. The topological polar surface area (TPSA) is 32.7 Å². The summed E-state index contributed by atoms with van der Waals surface area (Å²) < 4.78 is 5.37. The van der Waals surface area contributed by atoms with Gasteiger partial charge in [0.1, 0.15) is 0 Å². The van der Waals surface area contributed by atoms with Crippen LogP contribution in [0.1, 0.15) is 39.5 Å². The van der Waals surface area contributed by atoms with E-state index in [1.165, 1.54) is 12.8 Å². The maximum absolute atomic E-state index is 10.3. The van der Waals surface area contributed by atoms with Crippen molar-refractivity contribution in [2.45, 2.75) is 51.2 Å². The summed E-state index contributed by atoms with van der Waals surface area (Å²) >= 11 is 0. The lowest BCUT2D eigenvalue weighted by Crippen LogP contribution is -2.57. The Morgan fingerprint density at radius 1 is 1.38 bits per heavy atom. The molecule has 0 aromatic heterocycles. The number of aliphatic hydroxyl groups excluding tert-OH is 1. The molecule has 0 spiro atoms. The molecule has 3 nitrogen and oxygen atoms in total. The molecule has 1 unspecified atom stereocenters. The number of likely N-dealkylation sites (N-methyl/N-ethyl adjacent to an activating group) is 1. The van der Waals surface area contributed by atoms with Gasteiger partial charge in [-0.3, -0.25) is 0 Å². The molecule has 96 valence electrons. The van der Waals surface area contributed by atoms with Crippen LogP contribution in [0, 0.1) is 5.92 Å². The lowest BCUT2D eigenvalue weighted by molar-refractivity contribution is -0.0765. The SMILES string of the molecule is CCOCC(O)C1(N(C)C)CCC(C)CC1. The molecule has 0 radical (unpaired) electrons. The molecule has 1 atom stereocenters. The second-order valence-electron chi connectivity index (χ2n) is 5.36. The van der Waals surface area contributed by atoms with E-state index in [4.69, 9.17) is 4.74 Å². The number of nitrogens with zero attached hydrogens (tertiary/aromatic N) is 1. The monoisotopic (exact) mass is 229 g/mol. The van der Waals surface area contributed by atoms with Gasteiger partial charge < -0.3 is 14.7 Å². The maximum atomic E-state index is 10.3. The summed E-state index contributed by atoms with van der Waals surface area (Å²) in [6.45, 7) is 5.41. The Bertz CT molecular complexity index is 198. The first-order chi connectivity index (χ1) is 7.53. The van der Waals surface area contributed by atoms with Gasteiger partial charge in [0, 0.05) is 12.1 Å². The van der Waals surface area contributed by atoms with Crippen LogP contribution in [0.2, 0.25) is 0 Å². The first kappa shape index (κ1) is 13.9. The number of aliphatic hydroxyl groups is 1. The zero-order valence-electron chi connectivity index (χ0n) is 11.2. The van der Waals surface area contributed by atoms with Gasteiger partial charge in [-0.05, 0) is 52.6 Å². The second-order valence-corrected chi connectivity index (χ2v) is 5.36. The van der Waals surface area contributed by atoms with Gasteiger partial charge in [0.25, 0.3) is 0 Å². The van der Waals surface area contributed by atoms with Gasteiger partial charge in [-0.2, -0.15) is 0 Å². The van der Waals surface area contributed by atoms with Crippen LogP contribution in [0.25, 0.3) is 0 Å². The van der Waals surface area contributed by atoms with Crippen molar-refractivity contribution in [3.63, 3.8) is 0 Å². The highest BCUT2D eigenvalue weighted by atomic mass is 16.5. The standard InChI is InChI=1S/C13H27NO2/c1-5-16-10-12(15)13(14(3)4)8-6-11(2)7-9-13/h11-12,15H,5-10H2,1-4H3. The minimum atomic E-state index is -0.366. The van der Waals surface area contributed by atoms with Crippen LogP contribution in [0.15, 0.2) is 0 Å². The van der Waals surface area contributed by atoms with Crippen LogP contribution in [-0.4, -0.2) is 49.0 Å². The lowest BCUT2D eigenvalue weighted by Gasteiger charge is -2.47. The van der Waals surface area contributed by atoms with Crippen LogP contribution >= 0.6 is 0 Å². The van der Waals surface area contributed by atoms with Crippen molar-refractivity contribution in [3.8, 4) is 0 Å². The fraction of sp³-hybridized carbons (Fsp3) is 1.00. The van der Waals surface area contributed by atoms with Gasteiger partial charge in [0.05, 0.1) is 12.7 Å². The van der Waals surface area contributed by atoms with E-state index in [2.05, 4.69) is 25.9 Å². The van der Waals surface area contributed by atoms with Crippen molar-refractivity contribution in [1.29, 1.82) is 0 Å². The summed E-state index contributed by atoms with van der Waals surface area (Å²) in [6.07, 6.45) is 4.21. The first-order valence-electron chi connectivity index (χ1n) is 6.46. The summed E-state index contributed by atoms with van der Waals surface area (Å²) in [4.78, 5) is 2.20. The molecule has 1 saturated carbocycles. The normalized spacial score (nSPS) is 33.0. The third-order valence-electron chi connectivity index (χ3n) is 4.13. The van der Waals surface area contributed by atoms with Crippen molar-refractivity contribution in [2.24, 2.45) is 5.92 Å². The van der Waals surface area contributed by atoms with Crippen molar-refractivity contribution >= 4 is 0 Å². The number of hydrogen-bond acceptors (Lipinski definition) is 3. The Morgan fingerprint density at radius 2 is 1.94 bits per heavy atom. The molecule has 0 saturated heterocycles. The van der Waals surface area contributed by atoms with E-state index in [1.807, 2.05) is 6.92 Å². The van der Waals surface area contributed by atoms with Gasteiger partial charge >= 0.3 is 0 Å². The van der Waals surface area contributed by atoms with Crippen molar-refractivity contribution in [3.05, 3.63) is 0 Å². The van der Waals surface area contributed by atoms with Gasteiger partial charge in [-0.15, -0.1) is 0 Å². The Hall–Kier alpha value is -0.120. The van der Waals surface area contributed by atoms with Gasteiger partial charge in [0.15, 0.2) is 0 Å². The molecule has 0 aromatic carbocycles. The third-order valence-corrected chi connectivity index (χ3v) is 4.13. The van der Waals surface area contributed by atoms with E-state index in [-0.39, 0.29) is 11.6 Å². The average molecular weight is 229 g/mol. The molecular formula is C13H27NO2. The predicted octanol–water partition coefficient (Wildman–Crippen LogP) is 1.89. The molecule has 1 fully saturated rings. The largest absolute Gasteiger partial charge is 0.389 e. The van der Waals surface area contributed by atoms with E-state index in [0.29, 0.717) is 13.2 Å². The highest BCUT2D eigenvalue weighted by Gasteiger charge is 2.42. The highest BCUT2D eigenvalue weighted by Crippen LogP contribution is 2.37. The summed E-state index contributed by atoms with van der Waals surface area (Å²) in [5, 5.41) is 10.3. The van der Waals surface area contributed by atoms with Gasteiger partial charge in [0.2, 0.25) is 0 Å². The van der Waals surface area contributed by atoms with Crippen molar-refractivity contribution in [1.82, 2.24) is 4.90 Å².